The van der Waals surface area contributed by atoms with Gasteiger partial charge in [0.2, 0.25) is 0 Å². The Kier molecular flexibility index (Phi) is 6.58. The summed E-state index contributed by atoms with van der Waals surface area (Å²) < 4.78 is 5.63. The molecule has 1 heterocycles. The first-order valence-corrected chi connectivity index (χ1v) is 8.54. The zero-order chi connectivity index (χ0) is 18.4. The molecular formula is C19H25NO5. The Hall–Kier alpha value is -2.34. The van der Waals surface area contributed by atoms with Crippen molar-refractivity contribution < 1.29 is 24.5 Å². The molecule has 1 aliphatic heterocycles. The van der Waals surface area contributed by atoms with Gasteiger partial charge < -0.3 is 20.3 Å². The summed E-state index contributed by atoms with van der Waals surface area (Å²) >= 11 is 0. The molecule has 3 N–H and O–H groups in total. The number of nitrogens with one attached hydrogen (secondary N) is 1. The molecule has 0 saturated carbocycles. The molecule has 25 heavy (non-hydrogen) atoms. The maximum Gasteiger partial charge on any atom is 0.321 e. The largest absolute Gasteiger partial charge is 0.494 e. The average molecular weight is 347 g/mol. The van der Waals surface area contributed by atoms with Crippen molar-refractivity contribution in [3.05, 3.63) is 36.4 Å². The van der Waals surface area contributed by atoms with Crippen LogP contribution in [0.1, 0.15) is 31.7 Å². The van der Waals surface area contributed by atoms with Crippen molar-refractivity contribution in [3.8, 4) is 5.75 Å². The van der Waals surface area contributed by atoms with E-state index in [9.17, 15) is 14.7 Å². The highest BCUT2D eigenvalue weighted by atomic mass is 16.5. The van der Waals surface area contributed by atoms with Crippen LogP contribution in [0.2, 0.25) is 0 Å². The molecule has 3 atom stereocenters. The van der Waals surface area contributed by atoms with E-state index in [0.29, 0.717) is 13.2 Å². The molecule has 2 rings (SSSR count). The summed E-state index contributed by atoms with van der Waals surface area (Å²) in [5.41, 5.74) is 1.62. The third kappa shape index (κ3) is 4.82. The van der Waals surface area contributed by atoms with Crippen LogP contribution in [0, 0.1) is 11.8 Å². The van der Waals surface area contributed by atoms with Crippen molar-refractivity contribution in [1.82, 2.24) is 5.32 Å². The maximum absolute atomic E-state index is 11.4. The van der Waals surface area contributed by atoms with Crippen molar-refractivity contribution in [3.63, 3.8) is 0 Å². The molecule has 0 radical (unpaired) electrons. The van der Waals surface area contributed by atoms with Crippen LogP contribution in [-0.2, 0) is 9.59 Å². The van der Waals surface area contributed by atoms with Gasteiger partial charge in [0.1, 0.15) is 11.8 Å². The van der Waals surface area contributed by atoms with Crippen molar-refractivity contribution in [2.45, 2.75) is 32.2 Å². The van der Waals surface area contributed by atoms with Crippen LogP contribution in [0.5, 0.6) is 5.75 Å². The van der Waals surface area contributed by atoms with Crippen LogP contribution >= 0.6 is 0 Å². The first kappa shape index (κ1) is 19.0. The molecule has 1 aliphatic rings. The van der Waals surface area contributed by atoms with Crippen LogP contribution in [0.4, 0.5) is 0 Å². The number of hydrogen-bond acceptors (Lipinski definition) is 4. The highest BCUT2D eigenvalue weighted by molar-refractivity contribution is 5.78. The summed E-state index contributed by atoms with van der Waals surface area (Å²) in [5.74, 6) is -2.01. The maximum atomic E-state index is 11.4. The van der Waals surface area contributed by atoms with E-state index < -0.39 is 23.9 Å². The Balaban J connectivity index is 2.09. The lowest BCUT2D eigenvalue weighted by molar-refractivity contribution is -0.142. The third-order valence-corrected chi connectivity index (χ3v) is 4.62. The molecule has 0 bridgehead atoms. The fraction of sp³-hybridized carbons (Fsp3) is 0.474. The van der Waals surface area contributed by atoms with Gasteiger partial charge in [-0.3, -0.25) is 9.59 Å². The van der Waals surface area contributed by atoms with Crippen LogP contribution < -0.4 is 10.1 Å². The van der Waals surface area contributed by atoms with Crippen LogP contribution in [0.3, 0.4) is 0 Å². The van der Waals surface area contributed by atoms with E-state index in [1.54, 1.807) is 0 Å². The molecule has 0 aliphatic carbocycles. The van der Waals surface area contributed by atoms with Gasteiger partial charge in [0, 0.05) is 18.4 Å². The number of unbranched alkanes of at least 4 members (excludes halogenated alkanes) is 1. The summed E-state index contributed by atoms with van der Waals surface area (Å²) in [6.45, 7) is 7.27. The van der Waals surface area contributed by atoms with Crippen molar-refractivity contribution in [2.24, 2.45) is 11.8 Å². The molecule has 136 valence electrons. The van der Waals surface area contributed by atoms with E-state index in [2.05, 4.69) is 18.8 Å². The molecule has 1 fully saturated rings. The fourth-order valence-corrected chi connectivity index (χ4v) is 3.22. The highest BCUT2D eigenvalue weighted by Crippen LogP contribution is 2.36. The Morgan fingerprint density at radius 3 is 2.52 bits per heavy atom. The molecule has 1 saturated heterocycles. The molecule has 0 aromatic heterocycles. The second-order valence-corrected chi connectivity index (χ2v) is 6.34. The van der Waals surface area contributed by atoms with Crippen LogP contribution in [0.25, 0.3) is 5.57 Å². The van der Waals surface area contributed by atoms with E-state index in [1.165, 1.54) is 0 Å². The molecule has 6 heteroatoms. The normalized spacial score (nSPS) is 22.5. The monoisotopic (exact) mass is 347 g/mol. The fourth-order valence-electron chi connectivity index (χ4n) is 3.22. The van der Waals surface area contributed by atoms with Gasteiger partial charge in [-0.25, -0.2) is 0 Å². The zero-order valence-corrected chi connectivity index (χ0v) is 14.4. The molecule has 0 amide bonds. The topological polar surface area (TPSA) is 95.9 Å². The quantitative estimate of drug-likeness (QED) is 0.594. The number of carboxylic acids is 2. The first-order valence-electron chi connectivity index (χ1n) is 8.54. The molecule has 6 nitrogen and oxygen atoms in total. The van der Waals surface area contributed by atoms with E-state index in [4.69, 9.17) is 9.84 Å². The molecule has 1 aromatic rings. The minimum Gasteiger partial charge on any atom is -0.494 e. The zero-order valence-electron chi connectivity index (χ0n) is 14.4. The Bertz CT molecular complexity index is 625. The summed E-state index contributed by atoms with van der Waals surface area (Å²) in [7, 11) is 0. The third-order valence-electron chi connectivity index (χ3n) is 4.62. The summed E-state index contributed by atoms with van der Waals surface area (Å²) in [5, 5.41) is 21.3. The summed E-state index contributed by atoms with van der Waals surface area (Å²) in [6.07, 6.45) is 1.86. The molecule has 1 aromatic carbocycles. The van der Waals surface area contributed by atoms with Crippen LogP contribution in [-0.4, -0.2) is 41.3 Å². The first-order chi connectivity index (χ1) is 11.9. The van der Waals surface area contributed by atoms with Crippen molar-refractivity contribution >= 4 is 17.5 Å². The van der Waals surface area contributed by atoms with Gasteiger partial charge in [0.15, 0.2) is 0 Å². The van der Waals surface area contributed by atoms with Gasteiger partial charge in [-0.15, -0.1) is 0 Å². The summed E-state index contributed by atoms with van der Waals surface area (Å²) in [6, 6.07) is 6.62. The van der Waals surface area contributed by atoms with Gasteiger partial charge in [-0.2, -0.15) is 0 Å². The standard InChI is InChI=1S/C19H25NO5/c1-3-4-9-25-14-7-5-13(6-8-14)12(2)16-11-20-18(19(23)24)15(16)10-17(21)22/h5-8,15-16,18,20H,2-4,9-11H2,1H3,(H,21,22)(H,23,24)/t15-,16+,18-/m0/s1. The Morgan fingerprint density at radius 2 is 1.96 bits per heavy atom. The van der Waals surface area contributed by atoms with E-state index >= 15 is 0 Å². The van der Waals surface area contributed by atoms with Gasteiger partial charge in [-0.1, -0.05) is 32.1 Å². The van der Waals surface area contributed by atoms with E-state index in [-0.39, 0.29) is 12.3 Å². The number of aliphatic carboxylic acids is 2. The van der Waals surface area contributed by atoms with Gasteiger partial charge in [0.25, 0.3) is 0 Å². The van der Waals surface area contributed by atoms with E-state index in [0.717, 1.165) is 29.7 Å². The Labute approximate surface area is 147 Å². The smallest absolute Gasteiger partial charge is 0.321 e. The number of benzene rings is 1. The lowest BCUT2D eigenvalue weighted by Gasteiger charge is -2.22. The lowest BCUT2D eigenvalue weighted by atomic mass is 9.81. The van der Waals surface area contributed by atoms with Crippen molar-refractivity contribution in [2.75, 3.05) is 13.2 Å². The van der Waals surface area contributed by atoms with Crippen molar-refractivity contribution in [1.29, 1.82) is 0 Å². The number of hydrogen-bond donors (Lipinski definition) is 3. The van der Waals surface area contributed by atoms with E-state index in [1.807, 2.05) is 24.3 Å². The SMILES string of the molecule is C=C(c1ccc(OCCCC)cc1)[C@H]1CN[C@H](C(=O)O)[C@H]1CC(=O)O. The van der Waals surface area contributed by atoms with Crippen LogP contribution in [0.15, 0.2) is 30.8 Å². The lowest BCUT2D eigenvalue weighted by Crippen LogP contribution is -2.36. The predicted molar refractivity (Wildman–Crippen MR) is 94.5 cm³/mol. The molecular weight excluding hydrogens is 322 g/mol. The minimum atomic E-state index is -1.03. The summed E-state index contributed by atoms with van der Waals surface area (Å²) in [4.78, 5) is 22.5. The Morgan fingerprint density at radius 1 is 1.28 bits per heavy atom. The molecule has 0 unspecified atom stereocenters. The van der Waals surface area contributed by atoms with Gasteiger partial charge >= 0.3 is 11.9 Å². The second-order valence-electron chi connectivity index (χ2n) is 6.34. The second kappa shape index (κ2) is 8.67. The minimum absolute atomic E-state index is 0.203. The predicted octanol–water partition coefficient (Wildman–Crippen LogP) is 2.64. The van der Waals surface area contributed by atoms with Gasteiger partial charge in [0.05, 0.1) is 13.0 Å². The van der Waals surface area contributed by atoms with Gasteiger partial charge in [-0.05, 0) is 29.7 Å². The number of rotatable bonds is 9. The average Bonchev–Trinajstić information content (AvgIpc) is 2.98. The number of carboxylic acid groups (broad SMARTS) is 2. The number of ether oxygens (including phenoxy) is 1. The number of carbonyl (C=O) groups is 2. The highest BCUT2D eigenvalue weighted by Gasteiger charge is 2.42. The molecule has 0 spiro atoms.